The highest BCUT2D eigenvalue weighted by Crippen LogP contribution is 2.44. The quantitative estimate of drug-likeness (QED) is 0.689. The summed E-state index contributed by atoms with van der Waals surface area (Å²) in [5, 5.41) is 0. The summed E-state index contributed by atoms with van der Waals surface area (Å²) in [6, 6.07) is 11.4. The minimum absolute atomic E-state index is 0. The van der Waals surface area contributed by atoms with E-state index in [1.807, 2.05) is 0 Å². The second kappa shape index (κ2) is 8.36. The molecular formula is C24H35ClN2O. The SMILES string of the molecule is Cl.O=C1CCN(c2ccccc2)C12CCN(C1CCC3CCCCC3C1)CC2. The molecule has 3 unspecified atom stereocenters. The van der Waals surface area contributed by atoms with Gasteiger partial charge in [0, 0.05) is 37.8 Å². The molecule has 4 heteroatoms. The van der Waals surface area contributed by atoms with E-state index in [0.717, 1.165) is 56.8 Å². The van der Waals surface area contributed by atoms with E-state index in [9.17, 15) is 4.79 Å². The molecule has 1 aromatic carbocycles. The minimum atomic E-state index is -0.222. The van der Waals surface area contributed by atoms with Crippen molar-refractivity contribution >= 4 is 23.9 Å². The van der Waals surface area contributed by atoms with Crippen LogP contribution in [0.25, 0.3) is 0 Å². The van der Waals surface area contributed by atoms with E-state index in [-0.39, 0.29) is 17.9 Å². The van der Waals surface area contributed by atoms with E-state index in [1.165, 1.54) is 50.6 Å². The van der Waals surface area contributed by atoms with Gasteiger partial charge in [0.05, 0.1) is 0 Å². The standard InChI is InChI=1S/C24H34N2O.ClH/c27-23-12-15-26(21-8-2-1-3-9-21)24(23)13-16-25(17-14-24)22-11-10-19-6-4-5-7-20(19)18-22;/h1-3,8-9,19-20,22H,4-7,10-18H2;1H. The van der Waals surface area contributed by atoms with Crippen LogP contribution in [0.15, 0.2) is 30.3 Å². The van der Waals surface area contributed by atoms with Gasteiger partial charge in [-0.15, -0.1) is 12.4 Å². The summed E-state index contributed by atoms with van der Waals surface area (Å²) >= 11 is 0. The fourth-order valence-electron chi connectivity index (χ4n) is 6.78. The Morgan fingerprint density at radius 2 is 1.57 bits per heavy atom. The molecule has 2 saturated carbocycles. The molecule has 0 amide bonds. The Bertz CT molecular complexity index is 670. The number of carbonyl (C=O) groups is 1. The van der Waals surface area contributed by atoms with E-state index in [0.29, 0.717) is 5.78 Å². The molecule has 154 valence electrons. The summed E-state index contributed by atoms with van der Waals surface area (Å²) in [7, 11) is 0. The second-order valence-corrected chi connectivity index (χ2v) is 9.50. The van der Waals surface area contributed by atoms with Crippen LogP contribution in [0.4, 0.5) is 5.69 Å². The maximum absolute atomic E-state index is 12.9. The molecule has 1 aromatic rings. The molecule has 2 aliphatic carbocycles. The van der Waals surface area contributed by atoms with Crippen LogP contribution in [0.2, 0.25) is 0 Å². The lowest BCUT2D eigenvalue weighted by Gasteiger charge is -2.49. The van der Waals surface area contributed by atoms with Crippen LogP contribution in [0.3, 0.4) is 0 Å². The lowest BCUT2D eigenvalue weighted by Crippen LogP contribution is -2.58. The van der Waals surface area contributed by atoms with E-state index in [1.54, 1.807) is 0 Å². The first kappa shape index (κ1) is 20.2. The van der Waals surface area contributed by atoms with Crippen LogP contribution in [-0.2, 0) is 4.79 Å². The number of ketones is 1. The van der Waals surface area contributed by atoms with Crippen molar-refractivity contribution < 1.29 is 4.79 Å². The first-order chi connectivity index (χ1) is 13.3. The Morgan fingerprint density at radius 1 is 0.857 bits per heavy atom. The molecule has 5 rings (SSSR count). The Kier molecular flexibility index (Phi) is 6.04. The van der Waals surface area contributed by atoms with E-state index >= 15 is 0 Å². The number of carbonyl (C=O) groups excluding carboxylic acids is 1. The highest BCUT2D eigenvalue weighted by atomic mass is 35.5. The third kappa shape index (κ3) is 3.50. The van der Waals surface area contributed by atoms with Gasteiger partial charge in [-0.3, -0.25) is 4.79 Å². The summed E-state index contributed by atoms with van der Waals surface area (Å²) < 4.78 is 0. The molecule has 3 atom stereocenters. The van der Waals surface area contributed by atoms with Crippen LogP contribution in [-0.4, -0.2) is 41.9 Å². The monoisotopic (exact) mass is 402 g/mol. The zero-order valence-corrected chi connectivity index (χ0v) is 17.8. The molecule has 2 heterocycles. The summed E-state index contributed by atoms with van der Waals surface area (Å²) in [6.07, 6.45) is 12.9. The fourth-order valence-corrected chi connectivity index (χ4v) is 6.78. The molecule has 0 aromatic heterocycles. The molecule has 28 heavy (non-hydrogen) atoms. The van der Waals surface area contributed by atoms with Gasteiger partial charge in [0.2, 0.25) is 0 Å². The maximum atomic E-state index is 12.9. The molecule has 4 fully saturated rings. The van der Waals surface area contributed by atoms with Gasteiger partial charge in [0.25, 0.3) is 0 Å². The predicted molar refractivity (Wildman–Crippen MR) is 117 cm³/mol. The van der Waals surface area contributed by atoms with Crippen LogP contribution in [0.5, 0.6) is 0 Å². The second-order valence-electron chi connectivity index (χ2n) is 9.50. The number of piperidine rings is 1. The number of fused-ring (bicyclic) bond motifs is 1. The van der Waals surface area contributed by atoms with Crippen molar-refractivity contribution in [3.8, 4) is 0 Å². The number of Topliss-reactive ketones (excluding diaryl/α,β-unsaturated/α-hetero) is 1. The summed E-state index contributed by atoms with van der Waals surface area (Å²) in [5.41, 5.74) is 1.01. The van der Waals surface area contributed by atoms with E-state index in [2.05, 4.69) is 40.1 Å². The molecule has 4 aliphatic rings. The molecule has 0 radical (unpaired) electrons. The number of benzene rings is 1. The molecule has 1 spiro atoms. The van der Waals surface area contributed by atoms with Gasteiger partial charge in [-0.25, -0.2) is 0 Å². The van der Waals surface area contributed by atoms with Crippen LogP contribution < -0.4 is 4.90 Å². The molecule has 0 bridgehead atoms. The highest BCUT2D eigenvalue weighted by Gasteiger charge is 2.50. The predicted octanol–water partition coefficient (Wildman–Crippen LogP) is 5.08. The van der Waals surface area contributed by atoms with Crippen molar-refractivity contribution in [3.05, 3.63) is 30.3 Å². The summed E-state index contributed by atoms with van der Waals surface area (Å²) in [5.74, 6) is 2.50. The van der Waals surface area contributed by atoms with Crippen LogP contribution in [0, 0.1) is 11.8 Å². The topological polar surface area (TPSA) is 23.6 Å². The Hall–Kier alpha value is -1.06. The lowest BCUT2D eigenvalue weighted by molar-refractivity contribution is -0.123. The molecule has 2 aliphatic heterocycles. The van der Waals surface area contributed by atoms with Gasteiger partial charge < -0.3 is 9.80 Å². The van der Waals surface area contributed by atoms with Crippen molar-refractivity contribution in [2.24, 2.45) is 11.8 Å². The number of hydrogen-bond acceptors (Lipinski definition) is 3. The zero-order valence-electron chi connectivity index (χ0n) is 17.0. The average Bonchev–Trinajstić information content (AvgIpc) is 3.04. The average molecular weight is 403 g/mol. The van der Waals surface area contributed by atoms with Crippen molar-refractivity contribution in [2.45, 2.75) is 75.8 Å². The molecule has 0 N–H and O–H groups in total. The third-order valence-corrected chi connectivity index (χ3v) is 8.32. The third-order valence-electron chi connectivity index (χ3n) is 8.32. The molecule has 2 saturated heterocycles. The van der Waals surface area contributed by atoms with Gasteiger partial charge in [-0.1, -0.05) is 43.9 Å². The van der Waals surface area contributed by atoms with Gasteiger partial charge in [-0.2, -0.15) is 0 Å². The minimum Gasteiger partial charge on any atom is -0.358 e. The number of hydrogen-bond donors (Lipinski definition) is 0. The molecule has 3 nitrogen and oxygen atoms in total. The Morgan fingerprint density at radius 3 is 2.32 bits per heavy atom. The Balaban J connectivity index is 0.00000192. The van der Waals surface area contributed by atoms with Crippen LogP contribution in [0.1, 0.15) is 64.2 Å². The number of para-hydroxylation sites is 1. The van der Waals surface area contributed by atoms with Gasteiger partial charge in [-0.05, 0) is 56.1 Å². The molecular weight excluding hydrogens is 368 g/mol. The zero-order chi connectivity index (χ0) is 18.3. The van der Waals surface area contributed by atoms with Gasteiger partial charge in [0.1, 0.15) is 5.54 Å². The first-order valence-corrected chi connectivity index (χ1v) is 11.4. The summed E-state index contributed by atoms with van der Waals surface area (Å²) in [4.78, 5) is 18.1. The fraction of sp³-hybridized carbons (Fsp3) is 0.708. The largest absolute Gasteiger partial charge is 0.358 e. The number of nitrogens with zero attached hydrogens (tertiary/aromatic N) is 2. The van der Waals surface area contributed by atoms with Crippen molar-refractivity contribution in [2.75, 3.05) is 24.5 Å². The van der Waals surface area contributed by atoms with E-state index in [4.69, 9.17) is 0 Å². The number of anilines is 1. The van der Waals surface area contributed by atoms with Gasteiger partial charge in [0.15, 0.2) is 5.78 Å². The van der Waals surface area contributed by atoms with Gasteiger partial charge >= 0.3 is 0 Å². The number of halogens is 1. The smallest absolute Gasteiger partial charge is 0.160 e. The van der Waals surface area contributed by atoms with E-state index < -0.39 is 0 Å². The van der Waals surface area contributed by atoms with Crippen molar-refractivity contribution in [3.63, 3.8) is 0 Å². The lowest BCUT2D eigenvalue weighted by atomic mass is 9.69. The van der Waals surface area contributed by atoms with Crippen molar-refractivity contribution in [1.29, 1.82) is 0 Å². The normalized spacial score (nSPS) is 32.8. The van der Waals surface area contributed by atoms with Crippen LogP contribution >= 0.6 is 12.4 Å². The first-order valence-electron chi connectivity index (χ1n) is 11.4. The number of likely N-dealkylation sites (tertiary alicyclic amines) is 1. The number of rotatable bonds is 2. The summed E-state index contributed by atoms with van der Waals surface area (Å²) in [6.45, 7) is 3.12. The van der Waals surface area contributed by atoms with Crippen molar-refractivity contribution in [1.82, 2.24) is 4.90 Å². The maximum Gasteiger partial charge on any atom is 0.160 e. The highest BCUT2D eigenvalue weighted by molar-refractivity contribution is 5.95. The Labute approximate surface area is 176 Å².